The molecule has 1 aliphatic carbocycles. The first-order valence-electron chi connectivity index (χ1n) is 7.90. The molecule has 0 saturated heterocycles. The number of aromatic nitrogens is 4. The third kappa shape index (κ3) is 3.75. The van der Waals surface area contributed by atoms with Gasteiger partial charge in [-0.3, -0.25) is 9.67 Å². The Kier molecular flexibility index (Phi) is 4.56. The Hall–Kier alpha value is -2.11. The summed E-state index contributed by atoms with van der Waals surface area (Å²) in [6, 6.07) is 0.119. The Balaban J connectivity index is 1.58. The SMILES string of the molecule is CC(Nc1cncc(OCC2CCCC2)n1)c1cnn(C)c1. The molecule has 1 atom stereocenters. The molecule has 2 heterocycles. The van der Waals surface area contributed by atoms with Crippen LogP contribution in [0.1, 0.15) is 44.2 Å². The van der Waals surface area contributed by atoms with E-state index in [0.717, 1.165) is 18.0 Å². The third-order valence-corrected chi connectivity index (χ3v) is 4.14. The van der Waals surface area contributed by atoms with Gasteiger partial charge in [-0.1, -0.05) is 12.8 Å². The number of hydrogen-bond donors (Lipinski definition) is 1. The summed E-state index contributed by atoms with van der Waals surface area (Å²) in [4.78, 5) is 8.69. The van der Waals surface area contributed by atoms with Crippen molar-refractivity contribution in [1.82, 2.24) is 19.7 Å². The first-order chi connectivity index (χ1) is 10.7. The van der Waals surface area contributed by atoms with Gasteiger partial charge in [0.15, 0.2) is 0 Å². The highest BCUT2D eigenvalue weighted by Gasteiger charge is 2.16. The average molecular weight is 301 g/mol. The minimum Gasteiger partial charge on any atom is -0.476 e. The van der Waals surface area contributed by atoms with Crippen LogP contribution in [0.2, 0.25) is 0 Å². The van der Waals surface area contributed by atoms with Gasteiger partial charge in [0.1, 0.15) is 5.82 Å². The Morgan fingerprint density at radius 1 is 1.32 bits per heavy atom. The van der Waals surface area contributed by atoms with Crippen LogP contribution in [-0.4, -0.2) is 26.4 Å². The van der Waals surface area contributed by atoms with Crippen LogP contribution in [0, 0.1) is 5.92 Å². The summed E-state index contributed by atoms with van der Waals surface area (Å²) in [6.07, 6.45) is 12.4. The zero-order valence-electron chi connectivity index (χ0n) is 13.2. The monoisotopic (exact) mass is 301 g/mol. The van der Waals surface area contributed by atoms with Crippen molar-refractivity contribution in [3.63, 3.8) is 0 Å². The van der Waals surface area contributed by atoms with Crippen LogP contribution in [0.15, 0.2) is 24.8 Å². The van der Waals surface area contributed by atoms with Crippen molar-refractivity contribution in [2.24, 2.45) is 13.0 Å². The van der Waals surface area contributed by atoms with Gasteiger partial charge in [-0.05, 0) is 25.7 Å². The molecule has 0 spiro atoms. The van der Waals surface area contributed by atoms with E-state index >= 15 is 0 Å². The van der Waals surface area contributed by atoms with E-state index in [1.54, 1.807) is 17.1 Å². The highest BCUT2D eigenvalue weighted by atomic mass is 16.5. The normalized spacial score (nSPS) is 16.6. The zero-order chi connectivity index (χ0) is 15.4. The Morgan fingerprint density at radius 3 is 2.86 bits per heavy atom. The number of ether oxygens (including phenoxy) is 1. The highest BCUT2D eigenvalue weighted by molar-refractivity contribution is 5.36. The summed E-state index contributed by atoms with van der Waals surface area (Å²) < 4.78 is 7.58. The van der Waals surface area contributed by atoms with Crippen LogP contribution in [0.4, 0.5) is 5.82 Å². The van der Waals surface area contributed by atoms with Crippen molar-refractivity contribution in [2.45, 2.75) is 38.6 Å². The number of nitrogens with one attached hydrogen (secondary N) is 1. The zero-order valence-corrected chi connectivity index (χ0v) is 13.2. The van der Waals surface area contributed by atoms with Crippen LogP contribution in [0.5, 0.6) is 5.88 Å². The third-order valence-electron chi connectivity index (χ3n) is 4.14. The number of aryl methyl sites for hydroxylation is 1. The molecule has 3 rings (SSSR count). The molecule has 0 aromatic carbocycles. The van der Waals surface area contributed by atoms with Crippen LogP contribution < -0.4 is 10.1 Å². The largest absolute Gasteiger partial charge is 0.476 e. The summed E-state index contributed by atoms with van der Waals surface area (Å²) in [7, 11) is 1.91. The predicted octanol–water partition coefficient (Wildman–Crippen LogP) is 2.95. The van der Waals surface area contributed by atoms with Crippen LogP contribution in [0.3, 0.4) is 0 Å². The van der Waals surface area contributed by atoms with E-state index in [1.807, 2.05) is 19.4 Å². The summed E-state index contributed by atoms with van der Waals surface area (Å²) in [6.45, 7) is 2.82. The molecule has 1 N–H and O–H groups in total. The maximum absolute atomic E-state index is 5.79. The molecular formula is C16H23N5O. The molecule has 0 radical (unpaired) electrons. The van der Waals surface area contributed by atoms with Gasteiger partial charge in [0, 0.05) is 18.8 Å². The second-order valence-electron chi connectivity index (χ2n) is 6.02. The fourth-order valence-corrected chi connectivity index (χ4v) is 2.84. The molecule has 0 bridgehead atoms. The molecule has 1 fully saturated rings. The molecule has 0 aliphatic heterocycles. The Labute approximate surface area is 130 Å². The van der Waals surface area contributed by atoms with Crippen LogP contribution >= 0.6 is 0 Å². The minimum absolute atomic E-state index is 0.119. The second-order valence-corrected chi connectivity index (χ2v) is 6.02. The van der Waals surface area contributed by atoms with E-state index < -0.39 is 0 Å². The average Bonchev–Trinajstić information content (AvgIpc) is 3.17. The molecule has 2 aromatic heterocycles. The molecule has 0 amide bonds. The van der Waals surface area contributed by atoms with Gasteiger partial charge in [0.2, 0.25) is 5.88 Å². The van der Waals surface area contributed by atoms with Crippen LogP contribution in [0.25, 0.3) is 0 Å². The molecule has 1 aliphatic rings. The Morgan fingerprint density at radius 2 is 2.14 bits per heavy atom. The van der Waals surface area contributed by atoms with Crippen molar-refractivity contribution in [3.05, 3.63) is 30.4 Å². The van der Waals surface area contributed by atoms with Gasteiger partial charge in [-0.15, -0.1) is 0 Å². The first kappa shape index (κ1) is 14.8. The number of anilines is 1. The van der Waals surface area contributed by atoms with Gasteiger partial charge in [-0.2, -0.15) is 10.1 Å². The smallest absolute Gasteiger partial charge is 0.234 e. The van der Waals surface area contributed by atoms with Gasteiger partial charge in [0.05, 0.1) is 31.2 Å². The van der Waals surface area contributed by atoms with Crippen molar-refractivity contribution < 1.29 is 4.74 Å². The van der Waals surface area contributed by atoms with Crippen molar-refractivity contribution in [3.8, 4) is 5.88 Å². The van der Waals surface area contributed by atoms with E-state index in [2.05, 4.69) is 27.3 Å². The molecule has 2 aromatic rings. The van der Waals surface area contributed by atoms with Gasteiger partial charge in [0.25, 0.3) is 0 Å². The highest BCUT2D eigenvalue weighted by Crippen LogP contribution is 2.25. The maximum atomic E-state index is 5.79. The van der Waals surface area contributed by atoms with E-state index in [9.17, 15) is 0 Å². The first-order valence-corrected chi connectivity index (χ1v) is 7.90. The van der Waals surface area contributed by atoms with Crippen molar-refractivity contribution in [2.75, 3.05) is 11.9 Å². The van der Waals surface area contributed by atoms with Gasteiger partial charge >= 0.3 is 0 Å². The summed E-state index contributed by atoms with van der Waals surface area (Å²) in [5, 5.41) is 7.52. The molecular weight excluding hydrogens is 278 g/mol. The van der Waals surface area contributed by atoms with E-state index in [1.165, 1.54) is 25.7 Å². The lowest BCUT2D eigenvalue weighted by Gasteiger charge is -2.14. The van der Waals surface area contributed by atoms with Gasteiger partial charge < -0.3 is 10.1 Å². The summed E-state index contributed by atoms with van der Waals surface area (Å²) in [5.41, 5.74) is 1.11. The summed E-state index contributed by atoms with van der Waals surface area (Å²) in [5.74, 6) is 1.99. The summed E-state index contributed by atoms with van der Waals surface area (Å²) >= 11 is 0. The number of hydrogen-bond acceptors (Lipinski definition) is 5. The molecule has 6 heteroatoms. The topological polar surface area (TPSA) is 64.9 Å². The predicted molar refractivity (Wildman–Crippen MR) is 84.7 cm³/mol. The van der Waals surface area contributed by atoms with Crippen molar-refractivity contribution >= 4 is 5.82 Å². The second kappa shape index (κ2) is 6.77. The lowest BCUT2D eigenvalue weighted by molar-refractivity contribution is 0.243. The number of rotatable bonds is 6. The number of nitrogens with zero attached hydrogens (tertiary/aromatic N) is 4. The molecule has 1 unspecified atom stereocenters. The molecule has 6 nitrogen and oxygen atoms in total. The molecule has 1 saturated carbocycles. The molecule has 118 valence electrons. The standard InChI is InChI=1S/C16H23N5O/c1-12(14-7-18-21(2)10-14)19-15-8-17-9-16(20-15)22-11-13-5-3-4-6-13/h7-10,12-13H,3-6,11H2,1-2H3,(H,19,20). The Bertz CT molecular complexity index is 606. The maximum Gasteiger partial charge on any atom is 0.234 e. The fourth-order valence-electron chi connectivity index (χ4n) is 2.84. The van der Waals surface area contributed by atoms with Gasteiger partial charge in [-0.25, -0.2) is 0 Å². The molecule has 22 heavy (non-hydrogen) atoms. The van der Waals surface area contributed by atoms with Crippen molar-refractivity contribution in [1.29, 1.82) is 0 Å². The fraction of sp³-hybridized carbons (Fsp3) is 0.562. The quantitative estimate of drug-likeness (QED) is 0.888. The van der Waals surface area contributed by atoms with E-state index in [-0.39, 0.29) is 6.04 Å². The lowest BCUT2D eigenvalue weighted by atomic mass is 10.1. The van der Waals surface area contributed by atoms with E-state index in [0.29, 0.717) is 11.8 Å². The minimum atomic E-state index is 0.119. The lowest BCUT2D eigenvalue weighted by Crippen LogP contribution is -2.11. The van der Waals surface area contributed by atoms with Crippen LogP contribution in [-0.2, 0) is 7.05 Å². The van der Waals surface area contributed by atoms with E-state index in [4.69, 9.17) is 4.74 Å².